The van der Waals surface area contributed by atoms with Gasteiger partial charge in [0.25, 0.3) is 0 Å². The van der Waals surface area contributed by atoms with Crippen LogP contribution in [0.4, 0.5) is 0 Å². The van der Waals surface area contributed by atoms with Crippen molar-refractivity contribution < 1.29 is 23.9 Å². The monoisotopic (exact) mass is 601 g/mol. The van der Waals surface area contributed by atoms with Gasteiger partial charge < -0.3 is 34.1 Å². The van der Waals surface area contributed by atoms with E-state index in [0.717, 1.165) is 22.4 Å². The number of aryl methyl sites for hydroxylation is 2. The molecule has 12 heteroatoms. The molecule has 0 fully saturated rings. The average molecular weight is 602 g/mol. The Morgan fingerprint density at radius 2 is 1.98 bits per heavy atom. The molecule has 5 rings (SSSR count). The van der Waals surface area contributed by atoms with Crippen molar-refractivity contribution in [1.29, 1.82) is 0 Å². The fraction of sp³-hybridized carbons (Fsp3) is 0.406. The average Bonchev–Trinajstić information content (AvgIpc) is 3.60. The van der Waals surface area contributed by atoms with Gasteiger partial charge in [-0.3, -0.25) is 14.4 Å². The van der Waals surface area contributed by atoms with Gasteiger partial charge in [-0.2, -0.15) is 0 Å². The van der Waals surface area contributed by atoms with Crippen LogP contribution in [0.2, 0.25) is 0 Å². The third-order valence-corrected chi connectivity index (χ3v) is 7.76. The summed E-state index contributed by atoms with van der Waals surface area (Å²) in [5.41, 5.74) is 2.62. The Hall–Kier alpha value is -4.87. The maximum Gasteiger partial charge on any atom is 0.242 e. The zero-order valence-corrected chi connectivity index (χ0v) is 25.6. The van der Waals surface area contributed by atoms with Gasteiger partial charge >= 0.3 is 0 Å². The molecule has 12 nitrogen and oxygen atoms in total. The number of benzene rings is 2. The Morgan fingerprint density at radius 3 is 2.77 bits per heavy atom. The van der Waals surface area contributed by atoms with Crippen LogP contribution in [0.15, 0.2) is 54.9 Å². The van der Waals surface area contributed by atoms with Crippen molar-refractivity contribution >= 4 is 28.8 Å². The maximum atomic E-state index is 13.6. The van der Waals surface area contributed by atoms with Crippen LogP contribution in [0.5, 0.6) is 11.5 Å². The molecule has 1 atom stereocenters. The van der Waals surface area contributed by atoms with Crippen molar-refractivity contribution in [2.75, 3.05) is 33.4 Å². The highest BCUT2D eigenvalue weighted by atomic mass is 16.5. The second kappa shape index (κ2) is 13.6. The lowest BCUT2D eigenvalue weighted by Gasteiger charge is -2.26. The molecule has 3 heterocycles. The number of ether oxygens (including phenoxy) is 2. The number of imidazole rings is 2. The topological polar surface area (TPSA) is 133 Å². The lowest BCUT2D eigenvalue weighted by atomic mass is 10.0. The van der Waals surface area contributed by atoms with E-state index < -0.39 is 11.9 Å². The minimum absolute atomic E-state index is 0.119. The predicted octanol–water partition coefficient (Wildman–Crippen LogP) is 2.79. The molecule has 1 aliphatic heterocycles. The highest BCUT2D eigenvalue weighted by Gasteiger charge is 2.26. The molecule has 2 N–H and O–H groups in total. The number of carbonyl (C=O) groups is 3. The minimum Gasteiger partial charge on any atom is -0.493 e. The van der Waals surface area contributed by atoms with E-state index in [1.807, 2.05) is 72.5 Å². The molecule has 2 aromatic heterocycles. The standard InChI is InChI=1S/C32H39N7O5/c1-21(2)30-32(42)34-13-16-37-15-12-33-31(37)23-9-10-26(43-4)27(19-23)44-18-17-38(20-28(40)36-30)29(41)11-14-39-22(3)35-24-7-5-6-8-25(24)39/h5-10,12,15,19,21,30H,11,13-14,16-18,20H2,1-4H3,(H,34,42)(H,36,40)/t30-/m1/s1. The third kappa shape index (κ3) is 6.85. The molecule has 0 unspecified atom stereocenters. The van der Waals surface area contributed by atoms with E-state index in [1.54, 1.807) is 19.4 Å². The highest BCUT2D eigenvalue weighted by Crippen LogP contribution is 2.32. The van der Waals surface area contributed by atoms with Crippen molar-refractivity contribution in [3.8, 4) is 22.9 Å². The van der Waals surface area contributed by atoms with Crippen LogP contribution in [-0.2, 0) is 27.5 Å². The van der Waals surface area contributed by atoms with Gasteiger partial charge in [0.1, 0.15) is 24.3 Å². The molecule has 1 aliphatic rings. The summed E-state index contributed by atoms with van der Waals surface area (Å²) in [7, 11) is 1.56. The molecular formula is C32H39N7O5. The molecule has 4 aromatic rings. The van der Waals surface area contributed by atoms with Gasteiger partial charge in [0.2, 0.25) is 17.7 Å². The van der Waals surface area contributed by atoms with Crippen molar-refractivity contribution in [3.05, 3.63) is 60.7 Å². The van der Waals surface area contributed by atoms with E-state index in [-0.39, 0.29) is 43.8 Å². The molecule has 2 bridgehead atoms. The summed E-state index contributed by atoms with van der Waals surface area (Å²) in [5.74, 6) is 1.47. The number of carbonyl (C=O) groups excluding carboxylic acids is 3. The first-order valence-electron chi connectivity index (χ1n) is 14.8. The Balaban J connectivity index is 1.40. The highest BCUT2D eigenvalue weighted by molar-refractivity contribution is 5.90. The molecule has 0 spiro atoms. The van der Waals surface area contributed by atoms with Crippen LogP contribution in [0, 0.1) is 12.8 Å². The Labute approximate surface area is 256 Å². The normalized spacial score (nSPS) is 16.6. The Bertz CT molecular complexity index is 1640. The van der Waals surface area contributed by atoms with Crippen molar-refractivity contribution in [2.24, 2.45) is 5.92 Å². The molecule has 44 heavy (non-hydrogen) atoms. The molecule has 232 valence electrons. The van der Waals surface area contributed by atoms with E-state index in [2.05, 4.69) is 20.6 Å². The number of methoxy groups -OCH3 is 1. The van der Waals surface area contributed by atoms with Gasteiger partial charge in [-0.25, -0.2) is 9.97 Å². The second-order valence-corrected chi connectivity index (χ2v) is 11.1. The number of nitrogens with one attached hydrogen (secondary N) is 2. The van der Waals surface area contributed by atoms with Crippen molar-refractivity contribution in [3.63, 3.8) is 0 Å². The van der Waals surface area contributed by atoms with Gasteiger partial charge in [-0.1, -0.05) is 26.0 Å². The van der Waals surface area contributed by atoms with Crippen LogP contribution in [0.3, 0.4) is 0 Å². The van der Waals surface area contributed by atoms with Crippen LogP contribution in [0.25, 0.3) is 22.4 Å². The molecule has 0 radical (unpaired) electrons. The van der Waals surface area contributed by atoms with Crippen LogP contribution >= 0.6 is 0 Å². The molecule has 3 amide bonds. The second-order valence-electron chi connectivity index (χ2n) is 11.1. The molecule has 0 saturated heterocycles. The number of amides is 3. The Morgan fingerprint density at radius 1 is 1.16 bits per heavy atom. The van der Waals surface area contributed by atoms with Crippen LogP contribution in [-0.4, -0.2) is 81.1 Å². The van der Waals surface area contributed by atoms with Gasteiger partial charge in [0, 0.05) is 44.0 Å². The SMILES string of the molecule is COc1ccc2cc1OCCN(C(=O)CCn1c(C)nc3ccccc31)CC(=O)N[C@H](C(C)C)C(=O)NCCn1ccnc1-2. The summed E-state index contributed by atoms with van der Waals surface area (Å²) in [4.78, 5) is 50.6. The zero-order chi connectivity index (χ0) is 31.2. The van der Waals surface area contributed by atoms with Crippen molar-refractivity contribution in [2.45, 2.75) is 46.3 Å². The third-order valence-electron chi connectivity index (χ3n) is 7.76. The van der Waals surface area contributed by atoms with Gasteiger partial charge in [-0.05, 0) is 43.2 Å². The van der Waals surface area contributed by atoms with E-state index in [1.165, 1.54) is 4.90 Å². The first-order chi connectivity index (χ1) is 21.2. The van der Waals surface area contributed by atoms with E-state index >= 15 is 0 Å². The van der Waals surface area contributed by atoms with E-state index in [0.29, 0.717) is 37.0 Å². The maximum absolute atomic E-state index is 13.6. The molecule has 0 aliphatic carbocycles. The van der Waals surface area contributed by atoms with Crippen molar-refractivity contribution in [1.82, 2.24) is 34.6 Å². The van der Waals surface area contributed by atoms with E-state index in [4.69, 9.17) is 9.47 Å². The summed E-state index contributed by atoms with van der Waals surface area (Å²) in [5, 5.41) is 5.78. The number of hydrogen-bond donors (Lipinski definition) is 2. The Kier molecular flexibility index (Phi) is 9.47. The smallest absolute Gasteiger partial charge is 0.242 e. The summed E-state index contributed by atoms with van der Waals surface area (Å²) >= 11 is 0. The first-order valence-corrected chi connectivity index (χ1v) is 14.8. The predicted molar refractivity (Wildman–Crippen MR) is 165 cm³/mol. The summed E-state index contributed by atoms with van der Waals surface area (Å²) in [6.45, 7) is 6.93. The number of hydrogen-bond acceptors (Lipinski definition) is 7. The largest absolute Gasteiger partial charge is 0.493 e. The zero-order valence-electron chi connectivity index (χ0n) is 25.6. The fourth-order valence-electron chi connectivity index (χ4n) is 5.42. The lowest BCUT2D eigenvalue weighted by Crippen LogP contribution is -2.53. The lowest BCUT2D eigenvalue weighted by molar-refractivity contribution is -0.137. The van der Waals surface area contributed by atoms with Crippen LogP contribution in [0.1, 0.15) is 26.1 Å². The molecule has 0 saturated carbocycles. The first kappa shape index (κ1) is 30.6. The molecule has 2 aromatic carbocycles. The number of fused-ring (bicyclic) bond motifs is 5. The number of aromatic nitrogens is 4. The number of para-hydroxylation sites is 2. The number of nitrogens with zero attached hydrogens (tertiary/aromatic N) is 5. The van der Waals surface area contributed by atoms with Gasteiger partial charge in [0.15, 0.2) is 11.5 Å². The molecular weight excluding hydrogens is 562 g/mol. The van der Waals surface area contributed by atoms with E-state index in [9.17, 15) is 14.4 Å². The van der Waals surface area contributed by atoms with Crippen LogP contribution < -0.4 is 20.1 Å². The van der Waals surface area contributed by atoms with Gasteiger partial charge in [-0.15, -0.1) is 0 Å². The summed E-state index contributed by atoms with van der Waals surface area (Å²) in [6.07, 6.45) is 3.71. The van der Waals surface area contributed by atoms with Gasteiger partial charge in [0.05, 0.1) is 31.2 Å². The fourth-order valence-corrected chi connectivity index (χ4v) is 5.42. The number of rotatable bonds is 5. The minimum atomic E-state index is -0.757. The summed E-state index contributed by atoms with van der Waals surface area (Å²) in [6, 6.07) is 12.6. The quantitative estimate of drug-likeness (QED) is 0.360. The summed E-state index contributed by atoms with van der Waals surface area (Å²) < 4.78 is 15.6.